The van der Waals surface area contributed by atoms with Crippen LogP contribution in [0.15, 0.2) is 24.3 Å². The van der Waals surface area contributed by atoms with Crippen molar-refractivity contribution in [1.82, 2.24) is 4.90 Å². The average Bonchev–Trinajstić information content (AvgIpc) is 3.18. The minimum absolute atomic E-state index is 0.0749. The minimum atomic E-state index is -0.810. The number of aryl methyl sites for hydroxylation is 1. The number of rotatable bonds is 6. The summed E-state index contributed by atoms with van der Waals surface area (Å²) >= 11 is 0. The van der Waals surface area contributed by atoms with Gasteiger partial charge >= 0.3 is 5.97 Å². The van der Waals surface area contributed by atoms with Crippen LogP contribution < -0.4 is 0 Å². The van der Waals surface area contributed by atoms with Crippen LogP contribution in [0.3, 0.4) is 0 Å². The predicted molar refractivity (Wildman–Crippen MR) is 76.5 cm³/mol. The summed E-state index contributed by atoms with van der Waals surface area (Å²) in [6, 6.07) is 8.19. The molecule has 0 bridgehead atoms. The molecular weight excluding hydrogens is 254 g/mol. The second-order valence-electron chi connectivity index (χ2n) is 5.56. The quantitative estimate of drug-likeness (QED) is 0.867. The van der Waals surface area contributed by atoms with Crippen molar-refractivity contribution in [3.63, 3.8) is 0 Å². The molecule has 0 radical (unpaired) electrons. The van der Waals surface area contributed by atoms with Gasteiger partial charge in [-0.3, -0.25) is 9.59 Å². The first-order chi connectivity index (χ1) is 9.50. The lowest BCUT2D eigenvalue weighted by Crippen LogP contribution is -2.29. The molecule has 1 aliphatic rings. The molecule has 1 amide bonds. The van der Waals surface area contributed by atoms with Gasteiger partial charge in [0.1, 0.15) is 0 Å². The molecule has 2 rings (SSSR count). The van der Waals surface area contributed by atoms with E-state index in [1.807, 2.05) is 12.1 Å². The van der Waals surface area contributed by atoms with Gasteiger partial charge in [0.15, 0.2) is 0 Å². The monoisotopic (exact) mass is 275 g/mol. The number of carbonyl (C=O) groups is 2. The number of aliphatic carboxylic acids is 1. The van der Waals surface area contributed by atoms with Gasteiger partial charge in [-0.05, 0) is 36.8 Å². The first-order valence-corrected chi connectivity index (χ1v) is 7.03. The van der Waals surface area contributed by atoms with Crippen LogP contribution in [0.25, 0.3) is 0 Å². The van der Waals surface area contributed by atoms with Crippen molar-refractivity contribution < 1.29 is 14.7 Å². The molecular formula is C16H21NO3. The van der Waals surface area contributed by atoms with E-state index in [1.165, 1.54) is 11.1 Å². The molecule has 0 aliphatic heterocycles. The number of benzene rings is 1. The number of hydrogen-bond donors (Lipinski definition) is 1. The third-order valence-electron chi connectivity index (χ3n) is 3.96. The third kappa shape index (κ3) is 3.38. The Morgan fingerprint density at radius 3 is 2.70 bits per heavy atom. The Morgan fingerprint density at radius 2 is 2.05 bits per heavy atom. The highest BCUT2D eigenvalue weighted by atomic mass is 16.4. The van der Waals surface area contributed by atoms with E-state index < -0.39 is 5.97 Å². The van der Waals surface area contributed by atoms with Gasteiger partial charge in [0.2, 0.25) is 5.91 Å². The van der Waals surface area contributed by atoms with Crippen LogP contribution in [0.1, 0.15) is 36.3 Å². The molecule has 2 atom stereocenters. The molecule has 1 aromatic carbocycles. The van der Waals surface area contributed by atoms with Crippen molar-refractivity contribution in [2.75, 3.05) is 13.6 Å². The molecule has 1 aliphatic carbocycles. The van der Waals surface area contributed by atoms with Crippen molar-refractivity contribution >= 4 is 11.9 Å². The maximum Gasteiger partial charge on any atom is 0.303 e. The highest BCUT2D eigenvalue weighted by Crippen LogP contribution is 2.49. The summed E-state index contributed by atoms with van der Waals surface area (Å²) in [6.45, 7) is 2.59. The van der Waals surface area contributed by atoms with Crippen LogP contribution in [0.2, 0.25) is 0 Å². The Morgan fingerprint density at radius 1 is 1.35 bits per heavy atom. The van der Waals surface area contributed by atoms with Crippen LogP contribution in [0, 0.1) is 12.8 Å². The molecule has 1 fully saturated rings. The van der Waals surface area contributed by atoms with Gasteiger partial charge < -0.3 is 10.0 Å². The second-order valence-corrected chi connectivity index (χ2v) is 5.56. The van der Waals surface area contributed by atoms with Gasteiger partial charge in [-0.2, -0.15) is 0 Å². The van der Waals surface area contributed by atoms with Crippen LogP contribution in [0.4, 0.5) is 0 Å². The van der Waals surface area contributed by atoms with Gasteiger partial charge in [0.25, 0.3) is 0 Å². The summed E-state index contributed by atoms with van der Waals surface area (Å²) in [5, 5.41) is 8.60. The number of nitrogens with zero attached hydrogens (tertiary/aromatic N) is 1. The smallest absolute Gasteiger partial charge is 0.303 e. The third-order valence-corrected chi connectivity index (χ3v) is 3.96. The topological polar surface area (TPSA) is 57.6 Å². The van der Waals surface area contributed by atoms with Crippen molar-refractivity contribution in [1.29, 1.82) is 0 Å². The van der Waals surface area contributed by atoms with Crippen LogP contribution >= 0.6 is 0 Å². The van der Waals surface area contributed by atoms with E-state index >= 15 is 0 Å². The van der Waals surface area contributed by atoms with Gasteiger partial charge in [-0.25, -0.2) is 0 Å². The fraction of sp³-hybridized carbons (Fsp3) is 0.500. The van der Waals surface area contributed by atoms with Crippen molar-refractivity contribution in [2.45, 2.75) is 32.1 Å². The number of carbonyl (C=O) groups excluding carboxylic acids is 1. The lowest BCUT2D eigenvalue weighted by Gasteiger charge is -2.17. The first-order valence-electron chi connectivity index (χ1n) is 7.03. The van der Waals surface area contributed by atoms with Gasteiger partial charge in [0.05, 0.1) is 0 Å². The normalized spacial score (nSPS) is 20.5. The lowest BCUT2D eigenvalue weighted by molar-refractivity contribution is -0.138. The molecule has 1 aromatic rings. The number of carboxylic acid groups (broad SMARTS) is 1. The van der Waals surface area contributed by atoms with Crippen LogP contribution in [-0.2, 0) is 9.59 Å². The van der Waals surface area contributed by atoms with Gasteiger partial charge in [-0.1, -0.05) is 24.3 Å². The fourth-order valence-electron chi connectivity index (χ4n) is 2.68. The van der Waals surface area contributed by atoms with E-state index in [4.69, 9.17) is 5.11 Å². The summed E-state index contributed by atoms with van der Waals surface area (Å²) in [4.78, 5) is 24.4. The van der Waals surface area contributed by atoms with E-state index in [-0.39, 0.29) is 18.2 Å². The van der Waals surface area contributed by atoms with Crippen LogP contribution in [-0.4, -0.2) is 35.5 Å². The second kappa shape index (κ2) is 6.07. The standard InChI is InChI=1S/C16H21NO3/c1-11-6-3-4-7-12(11)13-10-14(13)16(20)17(2)9-5-8-15(18)19/h3-4,6-7,13-14H,5,8-10H2,1-2H3,(H,18,19). The molecule has 0 aromatic heterocycles. The number of carboxylic acids is 1. The zero-order valence-corrected chi connectivity index (χ0v) is 12.0. The average molecular weight is 275 g/mol. The Balaban J connectivity index is 1.86. The Kier molecular flexibility index (Phi) is 4.42. The molecule has 4 nitrogen and oxygen atoms in total. The van der Waals surface area contributed by atoms with Crippen molar-refractivity contribution in [3.05, 3.63) is 35.4 Å². The van der Waals surface area contributed by atoms with Crippen LogP contribution in [0.5, 0.6) is 0 Å². The number of amides is 1. The lowest BCUT2D eigenvalue weighted by atomic mass is 10.0. The Bertz CT molecular complexity index is 512. The van der Waals surface area contributed by atoms with E-state index in [0.717, 1.165) is 6.42 Å². The molecule has 1 N–H and O–H groups in total. The molecule has 0 saturated heterocycles. The molecule has 1 saturated carbocycles. The summed E-state index contributed by atoms with van der Waals surface area (Å²) in [5.41, 5.74) is 2.51. The van der Waals surface area contributed by atoms with E-state index in [0.29, 0.717) is 18.9 Å². The fourth-order valence-corrected chi connectivity index (χ4v) is 2.68. The molecule has 4 heteroatoms. The van der Waals surface area contributed by atoms with Crippen molar-refractivity contribution in [3.8, 4) is 0 Å². The van der Waals surface area contributed by atoms with Crippen molar-refractivity contribution in [2.24, 2.45) is 5.92 Å². The molecule has 2 unspecified atom stereocenters. The SMILES string of the molecule is Cc1ccccc1C1CC1C(=O)N(C)CCCC(=O)O. The Labute approximate surface area is 119 Å². The molecule has 20 heavy (non-hydrogen) atoms. The highest BCUT2D eigenvalue weighted by molar-refractivity contribution is 5.83. The van der Waals surface area contributed by atoms with E-state index in [9.17, 15) is 9.59 Å². The minimum Gasteiger partial charge on any atom is -0.481 e. The first kappa shape index (κ1) is 14.6. The zero-order valence-electron chi connectivity index (χ0n) is 12.0. The summed E-state index contributed by atoms with van der Waals surface area (Å²) < 4.78 is 0. The largest absolute Gasteiger partial charge is 0.481 e. The summed E-state index contributed by atoms with van der Waals surface area (Å²) in [5.74, 6) is -0.254. The molecule has 0 spiro atoms. The maximum atomic E-state index is 12.3. The Hall–Kier alpha value is -1.84. The predicted octanol–water partition coefficient (Wildman–Crippen LogP) is 2.42. The molecule has 108 valence electrons. The van der Waals surface area contributed by atoms with E-state index in [2.05, 4.69) is 19.1 Å². The highest BCUT2D eigenvalue weighted by Gasteiger charge is 2.45. The summed E-state index contributed by atoms with van der Waals surface area (Å²) in [7, 11) is 1.76. The van der Waals surface area contributed by atoms with E-state index in [1.54, 1.807) is 11.9 Å². The van der Waals surface area contributed by atoms with Gasteiger partial charge in [-0.15, -0.1) is 0 Å². The van der Waals surface area contributed by atoms with Gasteiger partial charge in [0, 0.05) is 25.9 Å². The summed E-state index contributed by atoms with van der Waals surface area (Å²) in [6.07, 6.45) is 1.54. The molecule has 0 heterocycles. The zero-order chi connectivity index (χ0) is 14.7. The maximum absolute atomic E-state index is 12.3. The number of hydrogen-bond acceptors (Lipinski definition) is 2.